The van der Waals surface area contributed by atoms with Crippen LogP contribution in [0.25, 0.3) is 10.4 Å². The highest BCUT2D eigenvalue weighted by molar-refractivity contribution is 7.17. The topological polar surface area (TPSA) is 40.6 Å². The first-order valence-electron chi connectivity index (χ1n) is 15.0. The number of carbonyl (C=O) groups excluding carboxylic acids is 2. The molecule has 3 atom stereocenters. The van der Waals surface area contributed by atoms with Crippen LogP contribution < -0.4 is 0 Å². The molecule has 2 fully saturated rings. The van der Waals surface area contributed by atoms with Crippen LogP contribution in [0.3, 0.4) is 0 Å². The zero-order valence-corrected chi connectivity index (χ0v) is 24.6. The summed E-state index contributed by atoms with van der Waals surface area (Å²) in [5, 5.41) is 0. The third-order valence-corrected chi connectivity index (χ3v) is 10.4. The fourth-order valence-electron chi connectivity index (χ4n) is 7.23. The minimum absolute atomic E-state index is 0.0159. The molecule has 5 heteroatoms. The van der Waals surface area contributed by atoms with Gasteiger partial charge in [0.2, 0.25) is 0 Å². The highest BCUT2D eigenvalue weighted by atomic mass is 32.1. The highest BCUT2D eigenvalue weighted by Crippen LogP contribution is 2.45. The predicted molar refractivity (Wildman–Crippen MR) is 164 cm³/mol. The maximum absolute atomic E-state index is 14.1. The molecule has 0 N–H and O–H groups in total. The molecule has 0 unspecified atom stereocenters. The summed E-state index contributed by atoms with van der Waals surface area (Å²) in [6.45, 7) is 9.11. The monoisotopic (exact) mass is 552 g/mol. The van der Waals surface area contributed by atoms with Gasteiger partial charge in [0.25, 0.3) is 11.8 Å². The Kier molecular flexibility index (Phi) is 7.67. The summed E-state index contributed by atoms with van der Waals surface area (Å²) in [4.78, 5) is 33.4. The summed E-state index contributed by atoms with van der Waals surface area (Å²) in [6, 6.07) is 21.1. The summed E-state index contributed by atoms with van der Waals surface area (Å²) < 4.78 is 0. The highest BCUT2D eigenvalue weighted by Gasteiger charge is 2.47. The van der Waals surface area contributed by atoms with Gasteiger partial charge in [0, 0.05) is 23.0 Å². The first kappa shape index (κ1) is 27.0. The van der Waals surface area contributed by atoms with Crippen molar-refractivity contribution in [3.63, 3.8) is 0 Å². The molecule has 3 aromatic rings. The molecule has 4 nitrogen and oxygen atoms in total. The zero-order valence-electron chi connectivity index (χ0n) is 23.8. The second kappa shape index (κ2) is 11.4. The number of rotatable bonds is 7. The van der Waals surface area contributed by atoms with E-state index in [1.165, 1.54) is 43.2 Å². The van der Waals surface area contributed by atoms with Crippen molar-refractivity contribution in [3.8, 4) is 10.4 Å². The maximum atomic E-state index is 14.1. The molecule has 2 aliphatic heterocycles. The van der Waals surface area contributed by atoms with Gasteiger partial charge in [-0.1, -0.05) is 80.8 Å². The molecule has 0 spiro atoms. The molecule has 2 amide bonds. The van der Waals surface area contributed by atoms with E-state index < -0.39 is 0 Å². The number of piperidine rings is 1. The standard InChI is InChI=1S/C35H40N2O2S/c1-4-20-36(27-21-30(23(2)3)37-31(22-27)28-12-8-9-13-29(28)34(37)38)35(39)33-19-18-32(40-33)26-16-14-25(15-17-26)24-10-6-5-7-11-24/h8-9,12-19,24,27,30-31H,2,4-7,10-11,20-22H2,1,3H3/t27-,30-,31-/m0/s1. The molecule has 1 saturated heterocycles. The van der Waals surface area contributed by atoms with Gasteiger partial charge < -0.3 is 9.80 Å². The van der Waals surface area contributed by atoms with Crippen molar-refractivity contribution >= 4 is 23.2 Å². The molecule has 3 heterocycles. The maximum Gasteiger partial charge on any atom is 0.264 e. The van der Waals surface area contributed by atoms with Crippen molar-refractivity contribution in [1.29, 1.82) is 0 Å². The van der Waals surface area contributed by atoms with Crippen LogP contribution in [0.2, 0.25) is 0 Å². The normalized spacial score (nSPS) is 22.6. The van der Waals surface area contributed by atoms with Crippen molar-refractivity contribution in [1.82, 2.24) is 9.80 Å². The number of benzene rings is 2. The predicted octanol–water partition coefficient (Wildman–Crippen LogP) is 8.62. The van der Waals surface area contributed by atoms with Crippen LogP contribution in [-0.2, 0) is 0 Å². The second-order valence-electron chi connectivity index (χ2n) is 11.9. The van der Waals surface area contributed by atoms with Gasteiger partial charge in [0.1, 0.15) is 0 Å². The molecule has 0 radical (unpaired) electrons. The molecule has 1 saturated carbocycles. The van der Waals surface area contributed by atoms with Crippen molar-refractivity contribution < 1.29 is 9.59 Å². The van der Waals surface area contributed by atoms with E-state index in [2.05, 4.69) is 54.8 Å². The summed E-state index contributed by atoms with van der Waals surface area (Å²) in [7, 11) is 0. The van der Waals surface area contributed by atoms with E-state index in [4.69, 9.17) is 0 Å². The quantitative estimate of drug-likeness (QED) is 0.275. The van der Waals surface area contributed by atoms with E-state index >= 15 is 0 Å². The van der Waals surface area contributed by atoms with Gasteiger partial charge in [-0.3, -0.25) is 9.59 Å². The smallest absolute Gasteiger partial charge is 0.264 e. The fourth-order valence-corrected chi connectivity index (χ4v) is 8.19. The van der Waals surface area contributed by atoms with E-state index in [1.54, 1.807) is 11.3 Å². The molecule has 0 bridgehead atoms. The summed E-state index contributed by atoms with van der Waals surface area (Å²) >= 11 is 1.60. The third kappa shape index (κ3) is 4.94. The second-order valence-corrected chi connectivity index (χ2v) is 13.0. The first-order valence-corrected chi connectivity index (χ1v) is 15.9. The lowest BCUT2D eigenvalue weighted by Gasteiger charge is -2.46. The van der Waals surface area contributed by atoms with E-state index in [0.717, 1.165) is 45.7 Å². The minimum Gasteiger partial charge on any atom is -0.335 e. The van der Waals surface area contributed by atoms with Crippen LogP contribution in [0.5, 0.6) is 0 Å². The minimum atomic E-state index is -0.0719. The number of nitrogens with zero attached hydrogens (tertiary/aromatic N) is 2. The third-order valence-electron chi connectivity index (χ3n) is 9.27. The Labute approximate surface area is 242 Å². The van der Waals surface area contributed by atoms with Crippen molar-refractivity contribution in [3.05, 3.63) is 94.4 Å². The summed E-state index contributed by atoms with van der Waals surface area (Å²) in [5.41, 5.74) is 5.50. The molecular formula is C35H40N2O2S. The molecule has 40 heavy (non-hydrogen) atoms. The van der Waals surface area contributed by atoms with E-state index in [0.29, 0.717) is 12.5 Å². The lowest BCUT2D eigenvalue weighted by atomic mass is 9.84. The van der Waals surface area contributed by atoms with Crippen LogP contribution in [0.1, 0.15) is 108 Å². The Balaban J connectivity index is 1.23. The fraction of sp³-hybridized carbons (Fsp3) is 0.429. The van der Waals surface area contributed by atoms with Gasteiger partial charge >= 0.3 is 0 Å². The molecular weight excluding hydrogens is 512 g/mol. The number of hydrogen-bond donors (Lipinski definition) is 0. The van der Waals surface area contributed by atoms with Gasteiger partial charge in [-0.25, -0.2) is 0 Å². The average Bonchev–Trinajstić information content (AvgIpc) is 3.60. The van der Waals surface area contributed by atoms with E-state index in [-0.39, 0.29) is 29.9 Å². The lowest BCUT2D eigenvalue weighted by Crippen LogP contribution is -2.52. The Morgan fingerprint density at radius 1 is 1.00 bits per heavy atom. The molecule has 1 aromatic heterocycles. The zero-order chi connectivity index (χ0) is 27.8. The average molecular weight is 553 g/mol. The number of hydrogen-bond acceptors (Lipinski definition) is 3. The number of thiophene rings is 1. The SMILES string of the molecule is C=C(C)[C@@H]1C[C@H](N(CCC)C(=O)c2ccc(-c3ccc(C4CCCCC4)cc3)s2)C[C@H]2c3ccccc3C(=O)N12. The molecule has 208 valence electrons. The van der Waals surface area contributed by atoms with Crippen molar-refractivity contribution in [2.75, 3.05) is 6.54 Å². The molecule has 3 aliphatic rings. The van der Waals surface area contributed by atoms with Crippen LogP contribution in [0.15, 0.2) is 72.8 Å². The molecule has 1 aliphatic carbocycles. The Hall–Kier alpha value is -3.18. The van der Waals surface area contributed by atoms with Gasteiger partial charge in [0.15, 0.2) is 0 Å². The van der Waals surface area contributed by atoms with E-state index in [1.807, 2.05) is 36.1 Å². The Bertz CT molecular complexity index is 1400. The number of fused-ring (bicyclic) bond motifs is 3. The van der Waals surface area contributed by atoms with Gasteiger partial charge in [0.05, 0.1) is 17.0 Å². The van der Waals surface area contributed by atoms with Crippen LogP contribution in [-0.4, -0.2) is 40.2 Å². The first-order chi connectivity index (χ1) is 19.5. The molecule has 2 aromatic carbocycles. The van der Waals surface area contributed by atoms with E-state index in [9.17, 15) is 9.59 Å². The van der Waals surface area contributed by atoms with Crippen molar-refractivity contribution in [2.45, 2.75) is 89.3 Å². The Morgan fingerprint density at radius 3 is 2.48 bits per heavy atom. The van der Waals surface area contributed by atoms with Crippen LogP contribution in [0, 0.1) is 0 Å². The number of carbonyl (C=O) groups is 2. The van der Waals surface area contributed by atoms with Crippen LogP contribution in [0.4, 0.5) is 0 Å². The van der Waals surface area contributed by atoms with Crippen LogP contribution >= 0.6 is 11.3 Å². The van der Waals surface area contributed by atoms with Gasteiger partial charge in [-0.15, -0.1) is 11.3 Å². The van der Waals surface area contributed by atoms with Gasteiger partial charge in [-0.05, 0) is 79.8 Å². The van der Waals surface area contributed by atoms with Gasteiger partial charge in [-0.2, -0.15) is 0 Å². The summed E-state index contributed by atoms with van der Waals surface area (Å²) in [6.07, 6.45) is 9.04. The Morgan fingerprint density at radius 2 is 1.75 bits per heavy atom. The number of amides is 2. The van der Waals surface area contributed by atoms with Crippen molar-refractivity contribution in [2.24, 2.45) is 0 Å². The summed E-state index contributed by atoms with van der Waals surface area (Å²) in [5.74, 6) is 0.897. The largest absolute Gasteiger partial charge is 0.335 e. The molecule has 6 rings (SSSR count). The lowest BCUT2D eigenvalue weighted by molar-refractivity contribution is 0.0309.